The SMILES string of the molecule is CCCOc1ccc(C(=O)N/N=C/c2cc(C)n(-c3ccc(Cl)c(Cl)c3)c2C)cc1. The van der Waals surface area contributed by atoms with Gasteiger partial charge in [-0.2, -0.15) is 5.10 Å². The molecule has 0 radical (unpaired) electrons. The second-order valence-electron chi connectivity index (χ2n) is 6.83. The molecule has 1 heterocycles. The smallest absolute Gasteiger partial charge is 0.271 e. The second-order valence-corrected chi connectivity index (χ2v) is 7.65. The van der Waals surface area contributed by atoms with Crippen LogP contribution in [-0.4, -0.2) is 23.3 Å². The number of nitrogens with one attached hydrogen (secondary N) is 1. The first-order valence-electron chi connectivity index (χ1n) is 9.61. The fraction of sp³-hybridized carbons (Fsp3) is 0.217. The number of hydrazone groups is 1. The van der Waals surface area contributed by atoms with Crippen molar-refractivity contribution in [1.29, 1.82) is 0 Å². The van der Waals surface area contributed by atoms with E-state index in [0.717, 1.165) is 34.8 Å². The van der Waals surface area contributed by atoms with Crippen LogP contribution in [0.3, 0.4) is 0 Å². The summed E-state index contributed by atoms with van der Waals surface area (Å²) >= 11 is 12.2. The van der Waals surface area contributed by atoms with Crippen LogP contribution in [0.2, 0.25) is 10.0 Å². The van der Waals surface area contributed by atoms with Crippen molar-refractivity contribution in [1.82, 2.24) is 9.99 Å². The van der Waals surface area contributed by atoms with Gasteiger partial charge in [-0.3, -0.25) is 4.79 Å². The van der Waals surface area contributed by atoms with Crippen molar-refractivity contribution in [3.05, 3.63) is 81.1 Å². The summed E-state index contributed by atoms with van der Waals surface area (Å²) in [5, 5.41) is 5.12. The number of ether oxygens (including phenoxy) is 1. The lowest BCUT2D eigenvalue weighted by Crippen LogP contribution is -2.17. The Kier molecular flexibility index (Phi) is 7.19. The van der Waals surface area contributed by atoms with Gasteiger partial charge in [-0.05, 0) is 68.8 Å². The Morgan fingerprint density at radius 3 is 2.50 bits per heavy atom. The highest BCUT2D eigenvalue weighted by Gasteiger charge is 2.11. The number of aromatic nitrogens is 1. The van der Waals surface area contributed by atoms with Crippen LogP contribution in [0.15, 0.2) is 53.6 Å². The third-order valence-corrected chi connectivity index (χ3v) is 5.33. The van der Waals surface area contributed by atoms with Crippen LogP contribution in [0.1, 0.15) is 40.7 Å². The predicted molar refractivity (Wildman–Crippen MR) is 123 cm³/mol. The quantitative estimate of drug-likeness (QED) is 0.362. The first-order valence-corrected chi connectivity index (χ1v) is 10.4. The Morgan fingerprint density at radius 1 is 1.10 bits per heavy atom. The highest BCUT2D eigenvalue weighted by Crippen LogP contribution is 2.27. The minimum absolute atomic E-state index is 0.286. The number of carbonyl (C=O) groups excluding carboxylic acids is 1. The number of amides is 1. The van der Waals surface area contributed by atoms with Crippen LogP contribution in [0.4, 0.5) is 0 Å². The Hall–Kier alpha value is -2.76. The molecule has 0 bridgehead atoms. The molecule has 0 fully saturated rings. The maximum absolute atomic E-state index is 12.3. The minimum Gasteiger partial charge on any atom is -0.494 e. The van der Waals surface area contributed by atoms with E-state index in [1.165, 1.54) is 0 Å². The number of rotatable bonds is 7. The van der Waals surface area contributed by atoms with Crippen molar-refractivity contribution in [2.75, 3.05) is 6.61 Å². The molecule has 0 spiro atoms. The third-order valence-electron chi connectivity index (χ3n) is 4.59. The van der Waals surface area contributed by atoms with E-state index in [9.17, 15) is 4.79 Å². The van der Waals surface area contributed by atoms with Crippen LogP contribution < -0.4 is 10.2 Å². The van der Waals surface area contributed by atoms with Gasteiger partial charge in [-0.25, -0.2) is 5.43 Å². The summed E-state index contributed by atoms with van der Waals surface area (Å²) in [5.74, 6) is 0.457. The van der Waals surface area contributed by atoms with Gasteiger partial charge in [0.2, 0.25) is 0 Å². The average Bonchev–Trinajstić information content (AvgIpc) is 3.02. The number of hydrogen-bond donors (Lipinski definition) is 1. The standard InChI is InChI=1S/C23H23Cl2N3O2/c1-4-11-30-20-8-5-17(6-9-20)23(29)27-26-14-18-12-15(2)28(16(18)3)19-7-10-21(24)22(25)13-19/h5-10,12-14H,4,11H2,1-3H3,(H,27,29)/b26-14+. The molecular weight excluding hydrogens is 421 g/mol. The third kappa shape index (κ3) is 5.04. The molecule has 1 amide bonds. The van der Waals surface area contributed by atoms with Gasteiger partial charge in [-0.15, -0.1) is 0 Å². The Labute approximate surface area is 186 Å². The van der Waals surface area contributed by atoms with Crippen LogP contribution in [0, 0.1) is 13.8 Å². The molecule has 0 unspecified atom stereocenters. The molecule has 3 aromatic rings. The van der Waals surface area contributed by atoms with Gasteiger partial charge < -0.3 is 9.30 Å². The Balaban J connectivity index is 1.70. The molecule has 30 heavy (non-hydrogen) atoms. The number of halogens is 2. The topological polar surface area (TPSA) is 55.6 Å². The van der Waals surface area contributed by atoms with Gasteiger partial charge in [0, 0.05) is 28.2 Å². The van der Waals surface area contributed by atoms with E-state index < -0.39 is 0 Å². The monoisotopic (exact) mass is 443 g/mol. The lowest BCUT2D eigenvalue weighted by atomic mass is 10.2. The van der Waals surface area contributed by atoms with Gasteiger partial charge in [0.15, 0.2) is 0 Å². The van der Waals surface area contributed by atoms with Crippen molar-refractivity contribution >= 4 is 35.3 Å². The lowest BCUT2D eigenvalue weighted by molar-refractivity contribution is 0.0955. The van der Waals surface area contributed by atoms with Crippen molar-refractivity contribution in [3.8, 4) is 11.4 Å². The summed E-state index contributed by atoms with van der Waals surface area (Å²) in [6, 6.07) is 14.5. The van der Waals surface area contributed by atoms with Gasteiger partial charge in [0.25, 0.3) is 5.91 Å². The van der Waals surface area contributed by atoms with Crippen molar-refractivity contribution < 1.29 is 9.53 Å². The van der Waals surface area contributed by atoms with E-state index in [0.29, 0.717) is 22.2 Å². The summed E-state index contributed by atoms with van der Waals surface area (Å²) in [7, 11) is 0. The molecule has 7 heteroatoms. The van der Waals surface area contributed by atoms with Crippen molar-refractivity contribution in [2.24, 2.45) is 5.10 Å². The number of aryl methyl sites for hydroxylation is 1. The van der Waals surface area contributed by atoms with E-state index >= 15 is 0 Å². The fourth-order valence-corrected chi connectivity index (χ4v) is 3.38. The van der Waals surface area contributed by atoms with Crippen LogP contribution in [0.25, 0.3) is 5.69 Å². The highest BCUT2D eigenvalue weighted by atomic mass is 35.5. The summed E-state index contributed by atoms with van der Waals surface area (Å²) in [6.07, 6.45) is 2.57. The van der Waals surface area contributed by atoms with E-state index in [1.54, 1.807) is 36.5 Å². The largest absolute Gasteiger partial charge is 0.494 e. The summed E-state index contributed by atoms with van der Waals surface area (Å²) in [6.45, 7) is 6.67. The van der Waals surface area contributed by atoms with Gasteiger partial charge in [-0.1, -0.05) is 30.1 Å². The maximum atomic E-state index is 12.3. The van der Waals surface area contributed by atoms with Crippen molar-refractivity contribution in [3.63, 3.8) is 0 Å². The Morgan fingerprint density at radius 2 is 1.83 bits per heavy atom. The first-order chi connectivity index (χ1) is 14.4. The van der Waals surface area contributed by atoms with Crippen LogP contribution >= 0.6 is 23.2 Å². The summed E-state index contributed by atoms with van der Waals surface area (Å²) in [4.78, 5) is 12.3. The van der Waals surface area contributed by atoms with E-state index in [-0.39, 0.29) is 5.91 Å². The van der Waals surface area contributed by atoms with Crippen LogP contribution in [-0.2, 0) is 0 Å². The maximum Gasteiger partial charge on any atom is 0.271 e. The zero-order chi connectivity index (χ0) is 21.7. The van der Waals surface area contributed by atoms with Gasteiger partial charge in [0.1, 0.15) is 5.75 Å². The molecule has 1 aromatic heterocycles. The molecule has 0 saturated heterocycles. The molecule has 0 aliphatic rings. The molecule has 0 atom stereocenters. The molecule has 0 saturated carbocycles. The molecule has 1 N–H and O–H groups in total. The molecule has 3 rings (SSSR count). The lowest BCUT2D eigenvalue weighted by Gasteiger charge is -2.10. The van der Waals surface area contributed by atoms with Crippen molar-refractivity contribution in [2.45, 2.75) is 27.2 Å². The van der Waals surface area contributed by atoms with E-state index in [1.807, 2.05) is 39.0 Å². The number of benzene rings is 2. The van der Waals surface area contributed by atoms with Gasteiger partial charge >= 0.3 is 0 Å². The normalized spacial score (nSPS) is 11.1. The summed E-state index contributed by atoms with van der Waals surface area (Å²) in [5.41, 5.74) is 6.87. The molecule has 156 valence electrons. The highest BCUT2D eigenvalue weighted by molar-refractivity contribution is 6.42. The zero-order valence-corrected chi connectivity index (χ0v) is 18.6. The molecule has 5 nitrogen and oxygen atoms in total. The molecule has 2 aromatic carbocycles. The molecule has 0 aliphatic carbocycles. The number of nitrogens with zero attached hydrogens (tertiary/aromatic N) is 2. The zero-order valence-electron chi connectivity index (χ0n) is 17.1. The first kappa shape index (κ1) is 21.9. The van der Waals surface area contributed by atoms with E-state index in [4.69, 9.17) is 27.9 Å². The number of carbonyl (C=O) groups is 1. The minimum atomic E-state index is -0.286. The number of hydrogen-bond acceptors (Lipinski definition) is 3. The van der Waals surface area contributed by atoms with E-state index in [2.05, 4.69) is 15.1 Å². The molecular formula is C23H23Cl2N3O2. The molecule has 0 aliphatic heterocycles. The summed E-state index contributed by atoms with van der Waals surface area (Å²) < 4.78 is 7.58. The van der Waals surface area contributed by atoms with Crippen LogP contribution in [0.5, 0.6) is 5.75 Å². The second kappa shape index (κ2) is 9.83. The van der Waals surface area contributed by atoms with Gasteiger partial charge in [0.05, 0.1) is 22.9 Å². The average molecular weight is 444 g/mol. The predicted octanol–water partition coefficient (Wildman–Crippen LogP) is 5.95. The Bertz CT molecular complexity index is 1070. The fourth-order valence-electron chi connectivity index (χ4n) is 3.09.